The number of rotatable bonds is 10. The van der Waals surface area contributed by atoms with Crippen LogP contribution in [0.1, 0.15) is 19.8 Å². The zero-order chi connectivity index (χ0) is 14.5. The van der Waals surface area contributed by atoms with E-state index in [9.17, 15) is 4.79 Å². The molecule has 0 saturated heterocycles. The van der Waals surface area contributed by atoms with Gasteiger partial charge in [0.05, 0.1) is 0 Å². The number of nitrogens with one attached hydrogen (secondary N) is 3. The molecule has 1 aromatic rings. The lowest BCUT2D eigenvalue weighted by molar-refractivity contribution is 0.200. The van der Waals surface area contributed by atoms with Crippen molar-refractivity contribution in [3.05, 3.63) is 30.3 Å². The van der Waals surface area contributed by atoms with Crippen molar-refractivity contribution in [2.45, 2.75) is 19.8 Å². The number of unbranched alkanes of at least 4 members (excludes halogenated alkanes) is 1. The molecule has 5 nitrogen and oxygen atoms in total. The van der Waals surface area contributed by atoms with E-state index in [1.807, 2.05) is 18.2 Å². The van der Waals surface area contributed by atoms with Crippen molar-refractivity contribution in [3.63, 3.8) is 0 Å². The van der Waals surface area contributed by atoms with Crippen LogP contribution in [0.4, 0.5) is 4.79 Å². The molecule has 5 heteroatoms. The molecule has 0 bridgehead atoms. The largest absolute Gasteiger partial charge is 0.412 e. The van der Waals surface area contributed by atoms with Crippen molar-refractivity contribution >= 4 is 6.09 Å². The van der Waals surface area contributed by atoms with E-state index in [-0.39, 0.29) is 0 Å². The van der Waals surface area contributed by atoms with Gasteiger partial charge in [0.25, 0.3) is 0 Å². The minimum atomic E-state index is -0.418. The summed E-state index contributed by atoms with van der Waals surface area (Å²) in [6.07, 6.45) is 2.01. The second-order valence-electron chi connectivity index (χ2n) is 4.48. The minimum Gasteiger partial charge on any atom is -0.410 e. The molecular formula is C15H25N3O2. The Kier molecular flexibility index (Phi) is 9.26. The average Bonchev–Trinajstić information content (AvgIpc) is 2.46. The lowest BCUT2D eigenvalue weighted by Gasteiger charge is -2.08. The number of para-hydroxylation sites is 1. The fraction of sp³-hybridized carbons (Fsp3) is 0.533. The van der Waals surface area contributed by atoms with Crippen molar-refractivity contribution in [1.82, 2.24) is 16.0 Å². The smallest absolute Gasteiger partial charge is 0.410 e. The maximum Gasteiger partial charge on any atom is 0.412 e. The van der Waals surface area contributed by atoms with Gasteiger partial charge in [0.15, 0.2) is 0 Å². The molecule has 0 spiro atoms. The molecule has 0 fully saturated rings. The lowest BCUT2D eigenvalue weighted by atomic mass is 10.3. The molecule has 0 atom stereocenters. The average molecular weight is 279 g/mol. The van der Waals surface area contributed by atoms with Crippen molar-refractivity contribution in [1.29, 1.82) is 0 Å². The van der Waals surface area contributed by atoms with Gasteiger partial charge in [0.2, 0.25) is 0 Å². The van der Waals surface area contributed by atoms with Gasteiger partial charge in [-0.05, 0) is 25.1 Å². The van der Waals surface area contributed by atoms with Gasteiger partial charge in [-0.15, -0.1) is 0 Å². The van der Waals surface area contributed by atoms with Crippen molar-refractivity contribution < 1.29 is 9.53 Å². The van der Waals surface area contributed by atoms with Crippen LogP contribution in [0.25, 0.3) is 0 Å². The predicted octanol–water partition coefficient (Wildman–Crippen LogP) is 1.75. The number of benzene rings is 1. The van der Waals surface area contributed by atoms with E-state index >= 15 is 0 Å². The molecule has 0 aliphatic carbocycles. The normalized spacial score (nSPS) is 10.2. The molecule has 112 valence electrons. The maximum atomic E-state index is 11.4. The van der Waals surface area contributed by atoms with E-state index in [1.54, 1.807) is 12.1 Å². The molecule has 0 radical (unpaired) electrons. The van der Waals surface area contributed by atoms with Crippen LogP contribution in [0.5, 0.6) is 5.75 Å². The fourth-order valence-electron chi connectivity index (χ4n) is 1.61. The van der Waals surface area contributed by atoms with E-state index in [1.165, 1.54) is 12.8 Å². The van der Waals surface area contributed by atoms with E-state index in [0.717, 1.165) is 26.2 Å². The summed E-state index contributed by atoms with van der Waals surface area (Å²) in [7, 11) is 0. The highest BCUT2D eigenvalue weighted by Gasteiger charge is 2.01. The Hall–Kier alpha value is -1.59. The molecule has 20 heavy (non-hydrogen) atoms. The number of carbonyl (C=O) groups excluding carboxylic acids is 1. The Labute approximate surface area is 121 Å². The van der Waals surface area contributed by atoms with Gasteiger partial charge in [-0.25, -0.2) is 4.79 Å². The summed E-state index contributed by atoms with van der Waals surface area (Å²) in [5.41, 5.74) is 0. The van der Waals surface area contributed by atoms with Crippen LogP contribution < -0.4 is 20.7 Å². The van der Waals surface area contributed by atoms with Crippen molar-refractivity contribution in [2.75, 3.05) is 32.7 Å². The van der Waals surface area contributed by atoms with Crippen molar-refractivity contribution in [2.24, 2.45) is 0 Å². The highest BCUT2D eigenvalue weighted by Crippen LogP contribution is 2.07. The summed E-state index contributed by atoms with van der Waals surface area (Å²) < 4.78 is 5.10. The Morgan fingerprint density at radius 3 is 2.35 bits per heavy atom. The van der Waals surface area contributed by atoms with Crippen molar-refractivity contribution in [3.8, 4) is 5.75 Å². The van der Waals surface area contributed by atoms with Crippen LogP contribution in [0.2, 0.25) is 0 Å². The topological polar surface area (TPSA) is 62.4 Å². The highest BCUT2D eigenvalue weighted by molar-refractivity contribution is 5.70. The first-order chi connectivity index (χ1) is 9.83. The Morgan fingerprint density at radius 2 is 1.65 bits per heavy atom. The van der Waals surface area contributed by atoms with Crippen LogP contribution in [0, 0.1) is 0 Å². The van der Waals surface area contributed by atoms with Gasteiger partial charge >= 0.3 is 6.09 Å². The molecule has 0 aliphatic rings. The van der Waals surface area contributed by atoms with E-state index in [4.69, 9.17) is 4.74 Å². The lowest BCUT2D eigenvalue weighted by Crippen LogP contribution is -2.36. The quantitative estimate of drug-likeness (QED) is 0.571. The molecule has 0 heterocycles. The Bertz CT molecular complexity index is 357. The Morgan fingerprint density at radius 1 is 1.00 bits per heavy atom. The molecule has 0 aliphatic heterocycles. The third kappa shape index (κ3) is 8.50. The van der Waals surface area contributed by atoms with E-state index in [2.05, 4.69) is 22.9 Å². The maximum absolute atomic E-state index is 11.4. The van der Waals surface area contributed by atoms with E-state index < -0.39 is 6.09 Å². The van der Waals surface area contributed by atoms with Gasteiger partial charge < -0.3 is 20.7 Å². The van der Waals surface area contributed by atoms with Crippen LogP contribution in [0.3, 0.4) is 0 Å². The second kappa shape index (κ2) is 11.3. The third-order valence-electron chi connectivity index (χ3n) is 2.71. The molecule has 1 aromatic carbocycles. The molecule has 3 N–H and O–H groups in total. The van der Waals surface area contributed by atoms with Crippen LogP contribution in [-0.2, 0) is 0 Å². The summed E-state index contributed by atoms with van der Waals surface area (Å²) in [4.78, 5) is 11.4. The molecule has 1 rings (SSSR count). The first kappa shape index (κ1) is 16.5. The zero-order valence-electron chi connectivity index (χ0n) is 12.2. The SMILES string of the molecule is CCCCNCCNCCNC(=O)Oc1ccccc1. The van der Waals surface area contributed by atoms with Gasteiger partial charge in [0, 0.05) is 26.2 Å². The highest BCUT2D eigenvalue weighted by atomic mass is 16.5. The van der Waals surface area contributed by atoms with Crippen LogP contribution >= 0.6 is 0 Å². The van der Waals surface area contributed by atoms with Gasteiger partial charge in [-0.2, -0.15) is 0 Å². The van der Waals surface area contributed by atoms with Gasteiger partial charge in [-0.3, -0.25) is 0 Å². The molecule has 1 amide bonds. The molecular weight excluding hydrogens is 254 g/mol. The summed E-state index contributed by atoms with van der Waals surface area (Å²) in [6.45, 7) is 6.40. The number of hydrogen-bond acceptors (Lipinski definition) is 4. The van der Waals surface area contributed by atoms with E-state index in [0.29, 0.717) is 12.3 Å². The third-order valence-corrected chi connectivity index (χ3v) is 2.71. The van der Waals surface area contributed by atoms with Crippen LogP contribution in [-0.4, -0.2) is 38.8 Å². The zero-order valence-corrected chi connectivity index (χ0v) is 12.2. The number of carbonyl (C=O) groups is 1. The molecule has 0 aromatic heterocycles. The number of amides is 1. The predicted molar refractivity (Wildman–Crippen MR) is 81.1 cm³/mol. The molecule has 0 unspecified atom stereocenters. The fourth-order valence-corrected chi connectivity index (χ4v) is 1.61. The minimum absolute atomic E-state index is 0.418. The standard InChI is InChI=1S/C15H25N3O2/c1-2-3-9-16-10-11-17-12-13-18-15(19)20-14-7-5-4-6-8-14/h4-8,16-17H,2-3,9-13H2,1H3,(H,18,19). The molecule has 0 saturated carbocycles. The summed E-state index contributed by atoms with van der Waals surface area (Å²) in [5.74, 6) is 0.554. The first-order valence-electron chi connectivity index (χ1n) is 7.25. The number of ether oxygens (including phenoxy) is 1. The monoisotopic (exact) mass is 279 g/mol. The number of hydrogen-bond donors (Lipinski definition) is 3. The van der Waals surface area contributed by atoms with Gasteiger partial charge in [-0.1, -0.05) is 31.5 Å². The first-order valence-corrected chi connectivity index (χ1v) is 7.25. The second-order valence-corrected chi connectivity index (χ2v) is 4.48. The van der Waals surface area contributed by atoms with Crippen LogP contribution in [0.15, 0.2) is 30.3 Å². The summed E-state index contributed by atoms with van der Waals surface area (Å²) in [6, 6.07) is 9.04. The summed E-state index contributed by atoms with van der Waals surface area (Å²) >= 11 is 0. The van der Waals surface area contributed by atoms with Gasteiger partial charge in [0.1, 0.15) is 5.75 Å². The summed E-state index contributed by atoms with van der Waals surface area (Å²) in [5, 5.41) is 9.29. The Balaban J connectivity index is 1.92.